The summed E-state index contributed by atoms with van der Waals surface area (Å²) in [5.74, 6) is 6.71. The number of ether oxygens (including phenoxy) is 1. The van der Waals surface area contributed by atoms with E-state index in [1.165, 1.54) is 0 Å². The molecule has 0 fully saturated rings. The van der Waals surface area contributed by atoms with Crippen molar-refractivity contribution < 1.29 is 4.74 Å². The van der Waals surface area contributed by atoms with Gasteiger partial charge in [-0.1, -0.05) is 6.92 Å². The number of nitrogens with two attached hydrogens (primary N) is 1. The molecule has 3 N–H and O–H groups in total. The smallest absolute Gasteiger partial charge is 0.110 e. The summed E-state index contributed by atoms with van der Waals surface area (Å²) in [6, 6.07) is 0.267. The van der Waals surface area contributed by atoms with Crippen LogP contribution in [-0.2, 0) is 17.7 Å². The number of hydrogen-bond acceptors (Lipinski definition) is 4. The number of nitrogens with one attached hydrogen (secondary N) is 1. The molecule has 1 rings (SSSR count). The summed E-state index contributed by atoms with van der Waals surface area (Å²) >= 11 is 0. The molecule has 0 aromatic carbocycles. The summed E-state index contributed by atoms with van der Waals surface area (Å²) in [4.78, 5) is 4.40. The topological polar surface area (TPSA) is 65.1 Å². The van der Waals surface area contributed by atoms with E-state index in [-0.39, 0.29) is 6.04 Å². The molecular weight excluding hydrogens is 228 g/mol. The first-order valence-corrected chi connectivity index (χ1v) is 6.85. The molecule has 0 radical (unpaired) electrons. The molecule has 0 aliphatic carbocycles. The number of imidazole rings is 1. The fourth-order valence-corrected chi connectivity index (χ4v) is 2.02. The monoisotopic (exact) mass is 254 g/mol. The lowest BCUT2D eigenvalue weighted by atomic mass is 10.1. The van der Waals surface area contributed by atoms with Crippen molar-refractivity contribution in [3.8, 4) is 0 Å². The van der Waals surface area contributed by atoms with Crippen molar-refractivity contribution in [2.24, 2.45) is 5.84 Å². The number of aryl methyl sites for hydroxylation is 1. The summed E-state index contributed by atoms with van der Waals surface area (Å²) < 4.78 is 7.54. The molecule has 5 heteroatoms. The Kier molecular flexibility index (Phi) is 7.64. The van der Waals surface area contributed by atoms with Gasteiger partial charge in [-0.3, -0.25) is 11.3 Å². The average Bonchev–Trinajstić information content (AvgIpc) is 2.81. The van der Waals surface area contributed by atoms with Crippen LogP contribution in [-0.4, -0.2) is 28.8 Å². The molecule has 1 unspecified atom stereocenters. The molecule has 104 valence electrons. The minimum absolute atomic E-state index is 0.267. The van der Waals surface area contributed by atoms with Crippen molar-refractivity contribution in [3.63, 3.8) is 0 Å². The molecule has 0 aliphatic rings. The van der Waals surface area contributed by atoms with Crippen LogP contribution in [0, 0.1) is 0 Å². The number of rotatable bonds is 10. The van der Waals surface area contributed by atoms with Crippen LogP contribution in [0.3, 0.4) is 0 Å². The molecule has 0 saturated heterocycles. The number of nitrogens with zero attached hydrogens (tertiary/aromatic N) is 2. The first kappa shape index (κ1) is 15.1. The van der Waals surface area contributed by atoms with Gasteiger partial charge in [-0.05, 0) is 26.2 Å². The van der Waals surface area contributed by atoms with Crippen molar-refractivity contribution in [2.75, 3.05) is 13.2 Å². The fourth-order valence-electron chi connectivity index (χ4n) is 2.02. The van der Waals surface area contributed by atoms with Crippen molar-refractivity contribution in [3.05, 3.63) is 18.2 Å². The second-order valence-electron chi connectivity index (χ2n) is 4.44. The van der Waals surface area contributed by atoms with Gasteiger partial charge in [0.05, 0.1) is 0 Å². The van der Waals surface area contributed by atoms with Gasteiger partial charge in [0, 0.05) is 44.6 Å². The van der Waals surface area contributed by atoms with E-state index in [4.69, 9.17) is 10.6 Å². The third-order valence-corrected chi connectivity index (χ3v) is 2.98. The Morgan fingerprint density at radius 2 is 2.33 bits per heavy atom. The van der Waals surface area contributed by atoms with Gasteiger partial charge >= 0.3 is 0 Å². The van der Waals surface area contributed by atoms with Crippen LogP contribution in [0.1, 0.15) is 38.9 Å². The van der Waals surface area contributed by atoms with E-state index in [1.807, 2.05) is 19.3 Å². The molecule has 1 heterocycles. The molecular formula is C13H26N4O. The van der Waals surface area contributed by atoms with Gasteiger partial charge in [0.1, 0.15) is 5.82 Å². The highest BCUT2D eigenvalue weighted by atomic mass is 16.5. The molecule has 0 bridgehead atoms. The minimum atomic E-state index is 0.267. The molecule has 0 aliphatic heterocycles. The van der Waals surface area contributed by atoms with Gasteiger partial charge in [0.2, 0.25) is 0 Å². The highest BCUT2D eigenvalue weighted by Crippen LogP contribution is 2.07. The second kappa shape index (κ2) is 9.08. The number of hydrogen-bond donors (Lipinski definition) is 2. The first-order valence-electron chi connectivity index (χ1n) is 6.85. The summed E-state index contributed by atoms with van der Waals surface area (Å²) in [6.45, 7) is 6.79. The predicted octanol–water partition coefficient (Wildman–Crippen LogP) is 1.48. The Morgan fingerprint density at radius 3 is 3.00 bits per heavy atom. The summed E-state index contributed by atoms with van der Waals surface area (Å²) in [6.07, 6.45) is 7.92. The molecule has 1 aromatic rings. The van der Waals surface area contributed by atoms with Crippen molar-refractivity contribution in [2.45, 2.75) is 52.1 Å². The van der Waals surface area contributed by atoms with E-state index in [0.29, 0.717) is 0 Å². The van der Waals surface area contributed by atoms with Crippen LogP contribution in [0.25, 0.3) is 0 Å². The maximum atomic E-state index is 5.60. The lowest BCUT2D eigenvalue weighted by Crippen LogP contribution is -2.37. The molecule has 0 amide bonds. The first-order chi connectivity index (χ1) is 8.81. The summed E-state index contributed by atoms with van der Waals surface area (Å²) in [7, 11) is 0. The largest absolute Gasteiger partial charge is 0.382 e. The van der Waals surface area contributed by atoms with Gasteiger partial charge in [0.25, 0.3) is 0 Å². The standard InChI is InChI=1S/C13H26N4O/c1-3-8-17-9-7-15-13(17)11-12(16-14)6-5-10-18-4-2/h7,9,12,16H,3-6,8,10-11,14H2,1-2H3. The quantitative estimate of drug-likeness (QED) is 0.377. The van der Waals surface area contributed by atoms with E-state index in [2.05, 4.69) is 21.9 Å². The maximum Gasteiger partial charge on any atom is 0.110 e. The zero-order valence-electron chi connectivity index (χ0n) is 11.6. The summed E-state index contributed by atoms with van der Waals surface area (Å²) in [5, 5.41) is 0. The average molecular weight is 254 g/mol. The number of hydrazine groups is 1. The zero-order valence-corrected chi connectivity index (χ0v) is 11.6. The van der Waals surface area contributed by atoms with Crippen LogP contribution in [0.15, 0.2) is 12.4 Å². The van der Waals surface area contributed by atoms with Crippen LogP contribution in [0.2, 0.25) is 0 Å². The van der Waals surface area contributed by atoms with Crippen LogP contribution in [0.4, 0.5) is 0 Å². The Balaban J connectivity index is 2.39. The van der Waals surface area contributed by atoms with Gasteiger partial charge in [0.15, 0.2) is 0 Å². The molecule has 5 nitrogen and oxygen atoms in total. The third-order valence-electron chi connectivity index (χ3n) is 2.98. The Morgan fingerprint density at radius 1 is 1.50 bits per heavy atom. The predicted molar refractivity (Wildman–Crippen MR) is 73.1 cm³/mol. The fraction of sp³-hybridized carbons (Fsp3) is 0.769. The van der Waals surface area contributed by atoms with Gasteiger partial charge < -0.3 is 9.30 Å². The van der Waals surface area contributed by atoms with E-state index in [9.17, 15) is 0 Å². The lowest BCUT2D eigenvalue weighted by Gasteiger charge is -2.16. The van der Waals surface area contributed by atoms with Crippen LogP contribution in [0.5, 0.6) is 0 Å². The lowest BCUT2D eigenvalue weighted by molar-refractivity contribution is 0.140. The van der Waals surface area contributed by atoms with Crippen molar-refractivity contribution in [1.82, 2.24) is 15.0 Å². The molecule has 1 aromatic heterocycles. The third kappa shape index (κ3) is 5.16. The van der Waals surface area contributed by atoms with E-state index in [1.54, 1.807) is 0 Å². The highest BCUT2D eigenvalue weighted by Gasteiger charge is 2.11. The van der Waals surface area contributed by atoms with Crippen LogP contribution < -0.4 is 11.3 Å². The molecule has 1 atom stereocenters. The zero-order chi connectivity index (χ0) is 13.2. The normalized spacial score (nSPS) is 12.8. The minimum Gasteiger partial charge on any atom is -0.382 e. The Bertz CT molecular complexity index is 314. The molecule has 0 saturated carbocycles. The summed E-state index contributed by atoms with van der Waals surface area (Å²) in [5.41, 5.74) is 2.88. The maximum absolute atomic E-state index is 5.60. The molecule has 18 heavy (non-hydrogen) atoms. The van der Waals surface area contributed by atoms with Gasteiger partial charge in [-0.2, -0.15) is 0 Å². The van der Waals surface area contributed by atoms with E-state index >= 15 is 0 Å². The Labute approximate surface area is 110 Å². The molecule has 0 spiro atoms. The SMILES string of the molecule is CCCn1ccnc1CC(CCCOCC)NN. The Hall–Kier alpha value is -0.910. The van der Waals surface area contributed by atoms with Crippen molar-refractivity contribution >= 4 is 0 Å². The second-order valence-corrected chi connectivity index (χ2v) is 4.44. The van der Waals surface area contributed by atoms with Gasteiger partial charge in [-0.25, -0.2) is 4.98 Å². The van der Waals surface area contributed by atoms with Crippen molar-refractivity contribution in [1.29, 1.82) is 0 Å². The van der Waals surface area contributed by atoms with E-state index in [0.717, 1.165) is 51.3 Å². The highest BCUT2D eigenvalue weighted by molar-refractivity contribution is 4.95. The van der Waals surface area contributed by atoms with Gasteiger partial charge in [-0.15, -0.1) is 0 Å². The van der Waals surface area contributed by atoms with Crippen LogP contribution >= 0.6 is 0 Å². The number of aromatic nitrogens is 2. The van der Waals surface area contributed by atoms with E-state index < -0.39 is 0 Å².